The third kappa shape index (κ3) is 1.97. The van der Waals surface area contributed by atoms with Crippen molar-refractivity contribution in [1.29, 1.82) is 0 Å². The Morgan fingerprint density at radius 3 is 2.90 bits per heavy atom. The molecular weight excluding hydrogens is 313 g/mol. The Morgan fingerprint density at radius 2 is 2.05 bits per heavy atom. The Labute approximate surface area is 127 Å². The van der Waals surface area contributed by atoms with E-state index in [0.29, 0.717) is 22.0 Å². The van der Waals surface area contributed by atoms with E-state index < -0.39 is 0 Å². The molecule has 0 spiro atoms. The van der Waals surface area contributed by atoms with Crippen LogP contribution in [0.5, 0.6) is 0 Å². The van der Waals surface area contributed by atoms with Gasteiger partial charge in [0.15, 0.2) is 23.8 Å². The second-order valence-corrected chi connectivity index (χ2v) is 5.36. The van der Waals surface area contributed by atoms with E-state index in [2.05, 4.69) is 15.0 Å². The minimum Gasteiger partial charge on any atom is -0.282 e. The number of nitrogens with zero attached hydrogens (tertiary/aromatic N) is 5. The number of imidazole rings is 1. The molecule has 8 heteroatoms. The molecular formula is C13H7ClFN5S. The Bertz CT molecular complexity index is 964. The van der Waals surface area contributed by atoms with Gasteiger partial charge in [-0.25, -0.2) is 18.9 Å². The first kappa shape index (κ1) is 12.6. The lowest BCUT2D eigenvalue weighted by molar-refractivity contribution is 0.918. The van der Waals surface area contributed by atoms with Crippen LogP contribution in [0.1, 0.15) is 0 Å². The molecule has 21 heavy (non-hydrogen) atoms. The van der Waals surface area contributed by atoms with Crippen molar-refractivity contribution >= 4 is 46.1 Å². The molecule has 0 amide bonds. The van der Waals surface area contributed by atoms with E-state index in [1.807, 2.05) is 10.6 Å². The fraction of sp³-hybridized carbons (Fsp3) is 0. The number of halogens is 2. The van der Waals surface area contributed by atoms with Gasteiger partial charge >= 0.3 is 0 Å². The molecule has 0 N–H and O–H groups in total. The molecule has 104 valence electrons. The summed E-state index contributed by atoms with van der Waals surface area (Å²) in [6, 6.07) is 7.17. The molecule has 0 aliphatic heterocycles. The molecule has 4 rings (SSSR count). The fourth-order valence-corrected chi connectivity index (χ4v) is 2.70. The van der Waals surface area contributed by atoms with Gasteiger partial charge in [-0.15, -0.1) is 3.89 Å². The molecule has 0 saturated carbocycles. The fourth-order valence-electron chi connectivity index (χ4n) is 2.22. The van der Waals surface area contributed by atoms with E-state index >= 15 is 0 Å². The second kappa shape index (κ2) is 4.71. The maximum Gasteiger partial charge on any atom is 0.171 e. The van der Waals surface area contributed by atoms with Gasteiger partial charge in [0.25, 0.3) is 0 Å². The van der Waals surface area contributed by atoms with Crippen molar-refractivity contribution in [2.24, 2.45) is 0 Å². The van der Waals surface area contributed by atoms with E-state index in [1.165, 1.54) is 3.97 Å². The lowest BCUT2D eigenvalue weighted by atomic mass is 10.3. The van der Waals surface area contributed by atoms with Crippen LogP contribution in [0, 0.1) is 0 Å². The van der Waals surface area contributed by atoms with Crippen molar-refractivity contribution in [3.63, 3.8) is 0 Å². The number of rotatable bonds is 2. The Morgan fingerprint density at radius 1 is 1.14 bits per heavy atom. The van der Waals surface area contributed by atoms with Crippen LogP contribution in [-0.2, 0) is 0 Å². The van der Waals surface area contributed by atoms with Gasteiger partial charge < -0.3 is 0 Å². The first-order chi connectivity index (χ1) is 10.3. The number of hydrogen-bond acceptors (Lipinski definition) is 4. The van der Waals surface area contributed by atoms with E-state index in [4.69, 9.17) is 11.6 Å². The lowest BCUT2D eigenvalue weighted by Crippen LogP contribution is -1.97. The molecule has 0 aliphatic rings. The topological polar surface area (TPSA) is 48.5 Å². The largest absolute Gasteiger partial charge is 0.282 e. The van der Waals surface area contributed by atoms with Gasteiger partial charge in [0.2, 0.25) is 0 Å². The summed E-state index contributed by atoms with van der Waals surface area (Å²) in [6.07, 6.45) is 4.84. The lowest BCUT2D eigenvalue weighted by Gasteiger charge is -2.03. The summed E-state index contributed by atoms with van der Waals surface area (Å²) in [6.45, 7) is 0. The van der Waals surface area contributed by atoms with Gasteiger partial charge in [-0.1, -0.05) is 11.6 Å². The predicted octanol–water partition coefficient (Wildman–Crippen LogP) is 3.80. The highest BCUT2D eigenvalue weighted by Crippen LogP contribution is 2.23. The molecule has 1 aromatic carbocycles. The van der Waals surface area contributed by atoms with E-state index in [-0.39, 0.29) is 12.3 Å². The minimum absolute atomic E-state index is 0.0928. The van der Waals surface area contributed by atoms with Crippen LogP contribution >= 0.6 is 23.9 Å². The van der Waals surface area contributed by atoms with Gasteiger partial charge in [-0.3, -0.25) is 4.57 Å². The van der Waals surface area contributed by atoms with Crippen LogP contribution in [0.25, 0.3) is 28.0 Å². The Kier molecular flexibility index (Phi) is 2.83. The van der Waals surface area contributed by atoms with E-state index in [0.717, 1.165) is 11.0 Å². The van der Waals surface area contributed by atoms with Gasteiger partial charge in [0, 0.05) is 11.2 Å². The molecule has 5 nitrogen and oxygen atoms in total. The van der Waals surface area contributed by atoms with Crippen LogP contribution in [0.15, 0.2) is 43.0 Å². The normalized spacial score (nSPS) is 11.5. The third-order valence-electron chi connectivity index (χ3n) is 3.17. The highest BCUT2D eigenvalue weighted by Gasteiger charge is 2.10. The number of fused-ring (bicyclic) bond motifs is 2. The average Bonchev–Trinajstić information content (AvgIpc) is 3.09. The summed E-state index contributed by atoms with van der Waals surface area (Å²) in [5.41, 5.74) is 2.76. The van der Waals surface area contributed by atoms with Crippen LogP contribution in [-0.4, -0.2) is 23.5 Å². The molecule has 0 unspecified atom stereocenters. The standard InChI is InChI=1S/C13H7ClFN5S/c14-8-1-2-11-10(5-8)17-7-19(11)12-6-16-13-9(18-12)3-4-20(13)21-15/h1-7H. The molecule has 4 aromatic rings. The number of benzene rings is 1. The number of hydrogen-bond donors (Lipinski definition) is 0. The van der Waals surface area contributed by atoms with Crippen LogP contribution in [0.2, 0.25) is 5.02 Å². The molecule has 0 radical (unpaired) electrons. The van der Waals surface area contributed by atoms with Crippen molar-refractivity contribution < 1.29 is 3.89 Å². The molecule has 0 aliphatic carbocycles. The smallest absolute Gasteiger partial charge is 0.171 e. The molecule has 3 heterocycles. The van der Waals surface area contributed by atoms with E-state index in [1.54, 1.807) is 36.9 Å². The molecule has 3 aromatic heterocycles. The van der Waals surface area contributed by atoms with Crippen molar-refractivity contribution in [3.8, 4) is 5.82 Å². The summed E-state index contributed by atoms with van der Waals surface area (Å²) in [5, 5.41) is 0.631. The summed E-state index contributed by atoms with van der Waals surface area (Å²) < 4.78 is 15.8. The first-order valence-electron chi connectivity index (χ1n) is 6.02. The quantitative estimate of drug-likeness (QED) is 0.564. The van der Waals surface area contributed by atoms with E-state index in [9.17, 15) is 3.89 Å². The van der Waals surface area contributed by atoms with Crippen molar-refractivity contribution in [2.45, 2.75) is 0 Å². The first-order valence-corrected chi connectivity index (χ1v) is 7.07. The molecule has 0 fully saturated rings. The zero-order chi connectivity index (χ0) is 14.4. The summed E-state index contributed by atoms with van der Waals surface area (Å²) in [4.78, 5) is 13.0. The maximum atomic E-state index is 12.7. The third-order valence-corrected chi connectivity index (χ3v) is 3.85. The summed E-state index contributed by atoms with van der Waals surface area (Å²) in [7, 11) is 0. The SMILES string of the molecule is FSn1ccc2nc(-n3cnc4cc(Cl)ccc43)cnc21. The van der Waals surface area contributed by atoms with Crippen LogP contribution in [0.4, 0.5) is 3.89 Å². The Hall–Kier alpha value is -2.12. The average molecular weight is 320 g/mol. The highest BCUT2D eigenvalue weighted by molar-refractivity contribution is 7.92. The Balaban J connectivity index is 1.91. The highest BCUT2D eigenvalue weighted by atomic mass is 35.5. The van der Waals surface area contributed by atoms with Crippen LogP contribution in [0.3, 0.4) is 0 Å². The predicted molar refractivity (Wildman–Crippen MR) is 81.3 cm³/mol. The van der Waals surface area contributed by atoms with Gasteiger partial charge in [0.1, 0.15) is 11.8 Å². The van der Waals surface area contributed by atoms with Crippen molar-refractivity contribution in [1.82, 2.24) is 23.5 Å². The van der Waals surface area contributed by atoms with Gasteiger partial charge in [0.05, 0.1) is 17.2 Å². The molecule has 0 atom stereocenters. The summed E-state index contributed by atoms with van der Waals surface area (Å²) in [5.74, 6) is 0.619. The monoisotopic (exact) mass is 319 g/mol. The minimum atomic E-state index is 0.0928. The van der Waals surface area contributed by atoms with Crippen molar-refractivity contribution in [2.75, 3.05) is 0 Å². The number of aromatic nitrogens is 5. The molecule has 0 bridgehead atoms. The second-order valence-electron chi connectivity index (χ2n) is 4.40. The van der Waals surface area contributed by atoms with Crippen LogP contribution < -0.4 is 0 Å². The van der Waals surface area contributed by atoms with Gasteiger partial charge in [-0.05, 0) is 24.3 Å². The summed E-state index contributed by atoms with van der Waals surface area (Å²) >= 11 is 6.05. The zero-order valence-electron chi connectivity index (χ0n) is 10.4. The molecule has 0 saturated heterocycles. The maximum absolute atomic E-state index is 12.7. The van der Waals surface area contributed by atoms with Crippen molar-refractivity contribution in [3.05, 3.63) is 48.0 Å². The van der Waals surface area contributed by atoms with Gasteiger partial charge in [-0.2, -0.15) is 0 Å². The zero-order valence-corrected chi connectivity index (χ0v) is 12.0.